The molecule has 1 aliphatic rings. The van der Waals surface area contributed by atoms with Gasteiger partial charge in [0, 0.05) is 13.1 Å². The van der Waals surface area contributed by atoms with Crippen molar-refractivity contribution < 1.29 is 40.2 Å². The van der Waals surface area contributed by atoms with Crippen LogP contribution in [0.25, 0.3) is 0 Å². The van der Waals surface area contributed by atoms with Gasteiger partial charge in [0.05, 0.1) is 6.10 Å². The molecule has 3 rings (SSSR count). The number of nitrogens with zero attached hydrogens (tertiary/aromatic N) is 1. The van der Waals surface area contributed by atoms with Crippen LogP contribution in [0.5, 0.6) is 5.75 Å². The van der Waals surface area contributed by atoms with Crippen LogP contribution in [0.15, 0.2) is 54.6 Å². The number of β-amino-alcohol motifs (C(OH)–C–C–N with tert-alkyl or cyclic N) is 1. The van der Waals surface area contributed by atoms with Crippen LogP contribution in [0.3, 0.4) is 0 Å². The van der Waals surface area contributed by atoms with Gasteiger partial charge in [0.2, 0.25) is 0 Å². The smallest absolute Gasteiger partial charge is 0.335 e. The van der Waals surface area contributed by atoms with Gasteiger partial charge in [0.1, 0.15) is 5.75 Å². The first kappa shape index (κ1) is 27.3. The van der Waals surface area contributed by atoms with Crippen molar-refractivity contribution in [3.05, 3.63) is 65.7 Å². The fourth-order valence-corrected chi connectivity index (χ4v) is 3.98. The Balaban J connectivity index is 0.000000347. The normalized spacial score (nSPS) is 20.9. The summed E-state index contributed by atoms with van der Waals surface area (Å²) in [5.74, 6) is -1.95. The molecule has 1 heterocycles. The van der Waals surface area contributed by atoms with Gasteiger partial charge < -0.3 is 35.5 Å². The summed E-state index contributed by atoms with van der Waals surface area (Å²) in [7, 11) is 0. The number of hydrogen-bond acceptors (Lipinski definition) is 7. The highest BCUT2D eigenvalue weighted by atomic mass is 16.4. The number of benzene rings is 2. The number of phenols is 1. The maximum absolute atomic E-state index is 10.4. The Hall–Kier alpha value is -2.98. The molecule has 2 aromatic carbocycles. The first-order valence-corrected chi connectivity index (χ1v) is 11.1. The van der Waals surface area contributed by atoms with E-state index in [0.717, 1.165) is 31.0 Å². The number of carboxylic acids is 2. The van der Waals surface area contributed by atoms with Crippen molar-refractivity contribution in [2.75, 3.05) is 19.6 Å². The van der Waals surface area contributed by atoms with E-state index in [1.165, 1.54) is 12.0 Å². The predicted molar refractivity (Wildman–Crippen MR) is 124 cm³/mol. The van der Waals surface area contributed by atoms with Crippen LogP contribution >= 0.6 is 0 Å². The lowest BCUT2D eigenvalue weighted by Crippen LogP contribution is -2.41. The fraction of sp³-hybridized carbons (Fsp3) is 0.440. The number of aliphatic hydroxyl groups excluding tert-OH is 3. The first-order chi connectivity index (χ1) is 16.1. The molecule has 34 heavy (non-hydrogen) atoms. The van der Waals surface area contributed by atoms with Crippen LogP contribution in [0.1, 0.15) is 30.6 Å². The van der Waals surface area contributed by atoms with Crippen molar-refractivity contribution in [2.45, 2.75) is 38.1 Å². The number of aliphatic hydroxyl groups is 3. The second-order valence-corrected chi connectivity index (χ2v) is 8.65. The summed E-state index contributed by atoms with van der Waals surface area (Å²) in [6, 6.07) is 17.6. The van der Waals surface area contributed by atoms with E-state index < -0.39 is 30.3 Å². The molecule has 2 aromatic rings. The Kier molecular flexibility index (Phi) is 10.5. The molecule has 0 amide bonds. The zero-order valence-corrected chi connectivity index (χ0v) is 19.1. The van der Waals surface area contributed by atoms with E-state index >= 15 is 0 Å². The summed E-state index contributed by atoms with van der Waals surface area (Å²) in [4.78, 5) is 21.9. The van der Waals surface area contributed by atoms with Crippen molar-refractivity contribution in [3.63, 3.8) is 0 Å². The average molecular weight is 476 g/mol. The number of carboxylic acid groups (broad SMARTS) is 2. The average Bonchev–Trinajstić information content (AvgIpc) is 2.81. The standard InChI is InChI=1S/C21H27NO2.C4H6O6/c1-16-14-22(15-21(24)18-7-9-20(23)10-8-18)12-11-19(16)13-17-5-3-2-4-6-17;5-1(3(7)8)2(6)4(9)10/h2-10,16,19,21,23-24H,11-15H2,1H3;1-2,5-6H,(H,7,8)(H,9,10). The lowest BCUT2D eigenvalue weighted by atomic mass is 9.82. The number of carbonyl (C=O) groups is 2. The maximum Gasteiger partial charge on any atom is 0.335 e. The highest BCUT2D eigenvalue weighted by molar-refractivity contribution is 5.83. The molecule has 0 radical (unpaired) electrons. The molecule has 9 nitrogen and oxygen atoms in total. The van der Waals surface area contributed by atoms with E-state index in [0.29, 0.717) is 12.5 Å². The zero-order valence-electron chi connectivity index (χ0n) is 19.1. The minimum absolute atomic E-state index is 0.237. The quantitative estimate of drug-likeness (QED) is 0.333. The number of aromatic hydroxyl groups is 1. The van der Waals surface area contributed by atoms with Gasteiger partial charge in [-0.3, -0.25) is 0 Å². The van der Waals surface area contributed by atoms with Crippen molar-refractivity contribution >= 4 is 11.9 Å². The lowest BCUT2D eigenvalue weighted by Gasteiger charge is -2.38. The highest BCUT2D eigenvalue weighted by Crippen LogP contribution is 2.28. The predicted octanol–water partition coefficient (Wildman–Crippen LogP) is 1.50. The summed E-state index contributed by atoms with van der Waals surface area (Å²) in [6.07, 6.45) is -2.70. The van der Waals surface area contributed by atoms with E-state index in [1.54, 1.807) is 24.3 Å². The largest absolute Gasteiger partial charge is 0.508 e. The molecule has 1 saturated heterocycles. The first-order valence-electron chi connectivity index (χ1n) is 11.1. The Morgan fingerprint density at radius 3 is 2.00 bits per heavy atom. The van der Waals surface area contributed by atoms with E-state index in [-0.39, 0.29) is 5.75 Å². The molecule has 0 aromatic heterocycles. The third kappa shape index (κ3) is 8.42. The molecule has 6 N–H and O–H groups in total. The Labute approximate surface area is 198 Å². The number of likely N-dealkylation sites (tertiary alicyclic amines) is 1. The molecule has 9 heteroatoms. The zero-order chi connectivity index (χ0) is 25.3. The van der Waals surface area contributed by atoms with Gasteiger partial charge >= 0.3 is 11.9 Å². The van der Waals surface area contributed by atoms with E-state index in [2.05, 4.69) is 42.2 Å². The van der Waals surface area contributed by atoms with Gasteiger partial charge in [-0.25, -0.2) is 9.59 Å². The third-order valence-corrected chi connectivity index (χ3v) is 6.02. The summed E-state index contributed by atoms with van der Waals surface area (Å²) >= 11 is 0. The topological polar surface area (TPSA) is 159 Å². The van der Waals surface area contributed by atoms with Crippen LogP contribution < -0.4 is 0 Å². The van der Waals surface area contributed by atoms with E-state index in [4.69, 9.17) is 20.4 Å². The third-order valence-electron chi connectivity index (χ3n) is 6.02. The highest BCUT2D eigenvalue weighted by Gasteiger charge is 2.29. The van der Waals surface area contributed by atoms with Crippen molar-refractivity contribution in [1.29, 1.82) is 0 Å². The number of phenolic OH excluding ortho intramolecular Hbond substituents is 1. The second-order valence-electron chi connectivity index (χ2n) is 8.65. The Morgan fingerprint density at radius 1 is 0.941 bits per heavy atom. The molecular formula is C25H33NO8. The molecule has 0 saturated carbocycles. The number of piperidine rings is 1. The minimum Gasteiger partial charge on any atom is -0.508 e. The summed E-state index contributed by atoms with van der Waals surface area (Å²) < 4.78 is 0. The minimum atomic E-state index is -2.27. The van der Waals surface area contributed by atoms with Crippen LogP contribution in [0.4, 0.5) is 0 Å². The summed E-state index contributed by atoms with van der Waals surface area (Å²) in [5.41, 5.74) is 2.29. The monoisotopic (exact) mass is 475 g/mol. The SMILES string of the molecule is CC1CN(CC(O)c2ccc(O)cc2)CCC1Cc1ccccc1.O=C(O)C(O)C(O)C(=O)O. The van der Waals surface area contributed by atoms with Gasteiger partial charge in [0.15, 0.2) is 12.2 Å². The lowest BCUT2D eigenvalue weighted by molar-refractivity contribution is -0.165. The summed E-state index contributed by atoms with van der Waals surface area (Å²) in [5, 5.41) is 52.3. The van der Waals surface area contributed by atoms with Crippen LogP contribution in [0, 0.1) is 11.8 Å². The van der Waals surface area contributed by atoms with Gasteiger partial charge in [-0.15, -0.1) is 0 Å². The fourth-order valence-electron chi connectivity index (χ4n) is 3.98. The van der Waals surface area contributed by atoms with Crippen molar-refractivity contribution in [1.82, 2.24) is 4.90 Å². The van der Waals surface area contributed by atoms with E-state index in [1.807, 2.05) is 0 Å². The molecule has 1 aliphatic heterocycles. The van der Waals surface area contributed by atoms with Gasteiger partial charge in [0.25, 0.3) is 0 Å². The molecule has 0 bridgehead atoms. The molecule has 0 aliphatic carbocycles. The number of hydrogen-bond donors (Lipinski definition) is 6. The van der Waals surface area contributed by atoms with Gasteiger partial charge in [-0.05, 0) is 54.5 Å². The van der Waals surface area contributed by atoms with Gasteiger partial charge in [-0.2, -0.15) is 0 Å². The maximum atomic E-state index is 10.4. The van der Waals surface area contributed by atoms with Crippen LogP contribution in [-0.2, 0) is 16.0 Å². The number of rotatable bonds is 8. The molecule has 1 fully saturated rings. The Bertz CT molecular complexity index is 887. The summed E-state index contributed by atoms with van der Waals surface area (Å²) in [6.45, 7) is 5.06. The van der Waals surface area contributed by atoms with Crippen LogP contribution in [0.2, 0.25) is 0 Å². The molecular weight excluding hydrogens is 442 g/mol. The molecule has 186 valence electrons. The molecule has 0 spiro atoms. The second kappa shape index (κ2) is 13.0. The van der Waals surface area contributed by atoms with Gasteiger partial charge in [-0.1, -0.05) is 49.4 Å². The molecule has 5 atom stereocenters. The molecule has 5 unspecified atom stereocenters. The van der Waals surface area contributed by atoms with E-state index in [9.17, 15) is 19.8 Å². The number of aliphatic carboxylic acids is 2. The van der Waals surface area contributed by atoms with Crippen molar-refractivity contribution in [2.24, 2.45) is 11.8 Å². The van der Waals surface area contributed by atoms with Crippen LogP contribution in [-0.4, -0.2) is 79.3 Å². The van der Waals surface area contributed by atoms with Crippen molar-refractivity contribution in [3.8, 4) is 5.75 Å². The Morgan fingerprint density at radius 2 is 1.50 bits per heavy atom.